The van der Waals surface area contributed by atoms with Crippen LogP contribution < -0.4 is 16.0 Å². The Morgan fingerprint density at radius 3 is 2.25 bits per heavy atom. The Morgan fingerprint density at radius 2 is 1.70 bits per heavy atom. The third-order valence-electron chi connectivity index (χ3n) is 4.14. The van der Waals surface area contributed by atoms with Gasteiger partial charge in [0.25, 0.3) is 0 Å². The Hall–Kier alpha value is -1.26. The van der Waals surface area contributed by atoms with Crippen molar-refractivity contribution >= 4 is 11.9 Å². The lowest BCUT2D eigenvalue weighted by molar-refractivity contribution is -0.119. The Kier molecular flexibility index (Phi) is 7.41. The molecule has 0 aromatic rings. The monoisotopic (exact) mass is 282 g/mol. The van der Waals surface area contributed by atoms with Crippen LogP contribution >= 0.6 is 0 Å². The maximum Gasteiger partial charge on any atom is 0.241 e. The maximum absolute atomic E-state index is 11.5. The second kappa shape index (κ2) is 8.82. The van der Waals surface area contributed by atoms with Crippen LogP contribution in [-0.4, -0.2) is 38.0 Å². The summed E-state index contributed by atoms with van der Waals surface area (Å²) in [6, 6.07) is 0. The first-order valence-electron chi connectivity index (χ1n) is 7.94. The topological polar surface area (TPSA) is 65.5 Å². The number of rotatable bonds is 7. The molecule has 0 spiro atoms. The van der Waals surface area contributed by atoms with E-state index in [4.69, 9.17) is 0 Å². The van der Waals surface area contributed by atoms with E-state index in [1.807, 2.05) is 13.8 Å². The second-order valence-electron chi connectivity index (χ2n) is 5.56. The average Bonchev–Trinajstić information content (AvgIpc) is 2.92. The molecule has 1 rings (SSSR count). The van der Waals surface area contributed by atoms with Gasteiger partial charge < -0.3 is 16.0 Å². The average molecular weight is 282 g/mol. The number of hydrogen-bond donors (Lipinski definition) is 3. The Morgan fingerprint density at radius 1 is 1.05 bits per heavy atom. The molecule has 1 saturated carbocycles. The molecular weight excluding hydrogens is 252 g/mol. The Labute approximate surface area is 123 Å². The van der Waals surface area contributed by atoms with Gasteiger partial charge in [0.2, 0.25) is 5.91 Å². The van der Waals surface area contributed by atoms with E-state index in [2.05, 4.69) is 27.9 Å². The number of nitrogens with one attached hydrogen (secondary N) is 3. The standard InChI is InChI=1S/C15H30N4O/c1-4-15(9-7-8-10-15)12-19-14(17-6-3)18-11-13(20)16-5-2/h4-12H2,1-3H3,(H,16,20)(H2,17,18,19). The van der Waals surface area contributed by atoms with Crippen LogP contribution in [0.3, 0.4) is 0 Å². The molecule has 0 radical (unpaired) electrons. The van der Waals surface area contributed by atoms with Crippen molar-refractivity contribution in [3.05, 3.63) is 0 Å². The molecule has 1 aliphatic rings. The number of carbonyl (C=O) groups excluding carboxylic acids is 1. The maximum atomic E-state index is 11.5. The van der Waals surface area contributed by atoms with Crippen molar-refractivity contribution in [2.24, 2.45) is 10.4 Å². The smallest absolute Gasteiger partial charge is 0.241 e. The van der Waals surface area contributed by atoms with E-state index >= 15 is 0 Å². The zero-order valence-electron chi connectivity index (χ0n) is 13.2. The first-order chi connectivity index (χ1) is 9.65. The lowest BCUT2D eigenvalue weighted by atomic mass is 9.83. The van der Waals surface area contributed by atoms with Gasteiger partial charge in [-0.2, -0.15) is 0 Å². The van der Waals surface area contributed by atoms with Crippen LogP contribution in [0.2, 0.25) is 0 Å². The number of nitrogens with zero attached hydrogens (tertiary/aromatic N) is 1. The summed E-state index contributed by atoms with van der Waals surface area (Å²) >= 11 is 0. The fourth-order valence-electron chi connectivity index (χ4n) is 2.80. The fraction of sp³-hybridized carbons (Fsp3) is 0.867. The minimum absolute atomic E-state index is 0.0317. The van der Waals surface area contributed by atoms with Gasteiger partial charge in [-0.25, -0.2) is 4.99 Å². The van der Waals surface area contributed by atoms with E-state index in [-0.39, 0.29) is 12.5 Å². The van der Waals surface area contributed by atoms with Gasteiger partial charge in [-0.05, 0) is 38.5 Å². The van der Waals surface area contributed by atoms with Crippen LogP contribution in [-0.2, 0) is 4.79 Å². The lowest BCUT2D eigenvalue weighted by Gasteiger charge is -2.28. The summed E-state index contributed by atoms with van der Waals surface area (Å²) in [4.78, 5) is 15.8. The quantitative estimate of drug-likeness (QED) is 0.491. The molecule has 0 aliphatic heterocycles. The summed E-state index contributed by atoms with van der Waals surface area (Å²) in [7, 11) is 0. The van der Waals surface area contributed by atoms with E-state index < -0.39 is 0 Å². The molecule has 1 aliphatic carbocycles. The zero-order chi connectivity index (χ0) is 14.8. The first kappa shape index (κ1) is 16.8. The summed E-state index contributed by atoms with van der Waals surface area (Å²) in [5, 5.41) is 9.37. The van der Waals surface area contributed by atoms with Crippen LogP contribution in [0.25, 0.3) is 0 Å². The predicted molar refractivity (Wildman–Crippen MR) is 83.9 cm³/mol. The number of amides is 1. The molecule has 116 valence electrons. The first-order valence-corrected chi connectivity index (χ1v) is 7.94. The lowest BCUT2D eigenvalue weighted by Crippen LogP contribution is -2.43. The van der Waals surface area contributed by atoms with Crippen LogP contribution in [0.4, 0.5) is 0 Å². The van der Waals surface area contributed by atoms with Gasteiger partial charge in [0, 0.05) is 19.6 Å². The molecule has 1 fully saturated rings. The van der Waals surface area contributed by atoms with Crippen molar-refractivity contribution in [2.45, 2.75) is 52.9 Å². The summed E-state index contributed by atoms with van der Waals surface area (Å²) in [6.45, 7) is 8.81. The van der Waals surface area contributed by atoms with Crippen LogP contribution in [0.5, 0.6) is 0 Å². The Balaban J connectivity index is 2.49. The molecule has 0 unspecified atom stereocenters. The van der Waals surface area contributed by atoms with E-state index in [9.17, 15) is 4.79 Å². The highest BCUT2D eigenvalue weighted by molar-refractivity contribution is 5.84. The summed E-state index contributed by atoms with van der Waals surface area (Å²) in [5.41, 5.74) is 0.419. The van der Waals surface area contributed by atoms with Crippen molar-refractivity contribution in [1.29, 1.82) is 0 Å². The molecule has 5 nitrogen and oxygen atoms in total. The van der Waals surface area contributed by atoms with Crippen LogP contribution in [0, 0.1) is 5.41 Å². The minimum Gasteiger partial charge on any atom is -0.357 e. The third-order valence-corrected chi connectivity index (χ3v) is 4.14. The molecule has 3 N–H and O–H groups in total. The van der Waals surface area contributed by atoms with Crippen molar-refractivity contribution in [2.75, 3.05) is 26.2 Å². The Bertz CT molecular complexity index is 322. The molecule has 1 amide bonds. The predicted octanol–water partition coefficient (Wildman–Crippen LogP) is 1.65. The fourth-order valence-corrected chi connectivity index (χ4v) is 2.80. The SMILES string of the molecule is CCNC(=O)CN=C(NCC)NCC1(CC)CCCC1. The molecule has 0 aromatic heterocycles. The van der Waals surface area contributed by atoms with Gasteiger partial charge in [0.15, 0.2) is 5.96 Å². The van der Waals surface area contributed by atoms with Gasteiger partial charge in [-0.3, -0.25) is 4.79 Å². The number of aliphatic imine (C=N–C) groups is 1. The van der Waals surface area contributed by atoms with Crippen molar-refractivity contribution < 1.29 is 4.79 Å². The molecular formula is C15H30N4O. The molecule has 0 aromatic carbocycles. The van der Waals surface area contributed by atoms with Crippen LogP contribution in [0.15, 0.2) is 4.99 Å². The van der Waals surface area contributed by atoms with Gasteiger partial charge in [-0.15, -0.1) is 0 Å². The van der Waals surface area contributed by atoms with E-state index in [1.165, 1.54) is 32.1 Å². The van der Waals surface area contributed by atoms with Crippen molar-refractivity contribution in [3.63, 3.8) is 0 Å². The normalized spacial score (nSPS) is 17.9. The summed E-state index contributed by atoms with van der Waals surface area (Å²) in [5.74, 6) is 0.717. The number of likely N-dealkylation sites (N-methyl/N-ethyl adjacent to an activating group) is 1. The van der Waals surface area contributed by atoms with Crippen molar-refractivity contribution in [3.8, 4) is 0 Å². The molecule has 0 saturated heterocycles. The van der Waals surface area contributed by atoms with E-state index in [0.717, 1.165) is 19.0 Å². The van der Waals surface area contributed by atoms with Gasteiger partial charge >= 0.3 is 0 Å². The summed E-state index contributed by atoms with van der Waals surface area (Å²) in [6.07, 6.45) is 6.47. The molecule has 0 atom stereocenters. The number of carbonyl (C=O) groups is 1. The minimum atomic E-state index is -0.0317. The highest BCUT2D eigenvalue weighted by atomic mass is 16.1. The van der Waals surface area contributed by atoms with Crippen LogP contribution in [0.1, 0.15) is 52.9 Å². The molecule has 0 heterocycles. The highest BCUT2D eigenvalue weighted by Gasteiger charge is 2.31. The third kappa shape index (κ3) is 5.39. The van der Waals surface area contributed by atoms with E-state index in [0.29, 0.717) is 12.0 Å². The number of hydrogen-bond acceptors (Lipinski definition) is 2. The van der Waals surface area contributed by atoms with Gasteiger partial charge in [0.05, 0.1) is 0 Å². The van der Waals surface area contributed by atoms with Gasteiger partial charge in [-0.1, -0.05) is 19.8 Å². The largest absolute Gasteiger partial charge is 0.357 e. The van der Waals surface area contributed by atoms with Crippen molar-refractivity contribution in [1.82, 2.24) is 16.0 Å². The molecule has 0 bridgehead atoms. The van der Waals surface area contributed by atoms with E-state index in [1.54, 1.807) is 0 Å². The molecule has 20 heavy (non-hydrogen) atoms. The molecule has 5 heteroatoms. The van der Waals surface area contributed by atoms with Gasteiger partial charge in [0.1, 0.15) is 6.54 Å². The summed E-state index contributed by atoms with van der Waals surface area (Å²) < 4.78 is 0. The second-order valence-corrected chi connectivity index (χ2v) is 5.56. The number of guanidine groups is 1. The zero-order valence-corrected chi connectivity index (χ0v) is 13.2. The highest BCUT2D eigenvalue weighted by Crippen LogP contribution is 2.40.